The van der Waals surface area contributed by atoms with E-state index >= 15 is 0 Å². The molecule has 2 rings (SSSR count). The summed E-state index contributed by atoms with van der Waals surface area (Å²) in [7, 11) is 0. The Kier molecular flexibility index (Phi) is 3.71. The first kappa shape index (κ1) is 13.1. The monoisotopic (exact) mass is 311 g/mol. The van der Waals surface area contributed by atoms with Gasteiger partial charge in [-0.25, -0.2) is 0 Å². The van der Waals surface area contributed by atoms with Gasteiger partial charge in [0.2, 0.25) is 5.91 Å². The van der Waals surface area contributed by atoms with Crippen molar-refractivity contribution in [2.24, 2.45) is 11.8 Å². The second-order valence-electron chi connectivity index (χ2n) is 4.57. The van der Waals surface area contributed by atoms with Crippen molar-refractivity contribution in [1.82, 2.24) is 5.32 Å². The molecule has 0 heterocycles. The van der Waals surface area contributed by atoms with Crippen molar-refractivity contribution in [3.63, 3.8) is 0 Å². The Labute approximate surface area is 114 Å². The fraction of sp³-hybridized carbons (Fsp3) is 0.385. The van der Waals surface area contributed by atoms with Crippen LogP contribution >= 0.6 is 15.9 Å². The van der Waals surface area contributed by atoms with Gasteiger partial charge in [-0.3, -0.25) is 9.59 Å². The van der Waals surface area contributed by atoms with Gasteiger partial charge in [0.25, 0.3) is 0 Å². The van der Waals surface area contributed by atoms with E-state index in [0.717, 1.165) is 10.0 Å². The number of nitrogens with one attached hydrogen (secondary N) is 1. The van der Waals surface area contributed by atoms with Gasteiger partial charge in [-0.2, -0.15) is 0 Å². The van der Waals surface area contributed by atoms with E-state index in [9.17, 15) is 9.59 Å². The Morgan fingerprint density at radius 1 is 1.44 bits per heavy atom. The molecule has 1 fully saturated rings. The summed E-state index contributed by atoms with van der Waals surface area (Å²) >= 11 is 3.38. The summed E-state index contributed by atoms with van der Waals surface area (Å²) in [6, 6.07) is 7.56. The van der Waals surface area contributed by atoms with Crippen molar-refractivity contribution in [3.05, 3.63) is 34.3 Å². The second-order valence-corrected chi connectivity index (χ2v) is 5.49. The van der Waals surface area contributed by atoms with Crippen molar-refractivity contribution in [3.8, 4) is 0 Å². The number of rotatable bonds is 4. The van der Waals surface area contributed by atoms with Crippen molar-refractivity contribution >= 4 is 27.8 Å². The highest BCUT2D eigenvalue weighted by Gasteiger charge is 2.48. The van der Waals surface area contributed by atoms with E-state index in [1.165, 1.54) is 0 Å². The van der Waals surface area contributed by atoms with Gasteiger partial charge in [-0.15, -0.1) is 0 Å². The summed E-state index contributed by atoms with van der Waals surface area (Å²) in [5.74, 6) is -1.92. The summed E-state index contributed by atoms with van der Waals surface area (Å²) in [4.78, 5) is 22.5. The molecule has 18 heavy (non-hydrogen) atoms. The summed E-state index contributed by atoms with van der Waals surface area (Å²) in [6.07, 6.45) is 0.451. The van der Waals surface area contributed by atoms with Crippen LogP contribution in [0, 0.1) is 11.8 Å². The lowest BCUT2D eigenvalue weighted by molar-refractivity contribution is -0.140. The summed E-state index contributed by atoms with van der Waals surface area (Å²) in [5, 5.41) is 11.6. The first-order valence-corrected chi connectivity index (χ1v) is 6.57. The van der Waals surface area contributed by atoms with Gasteiger partial charge in [0, 0.05) is 4.47 Å². The average Bonchev–Trinajstić information content (AvgIpc) is 3.08. The number of carbonyl (C=O) groups excluding carboxylic acids is 1. The third-order valence-corrected chi connectivity index (χ3v) is 3.65. The van der Waals surface area contributed by atoms with Crippen LogP contribution < -0.4 is 5.32 Å². The number of carbonyl (C=O) groups is 2. The zero-order chi connectivity index (χ0) is 13.3. The van der Waals surface area contributed by atoms with Gasteiger partial charge in [0.1, 0.15) is 0 Å². The number of hydrogen-bond acceptors (Lipinski definition) is 2. The van der Waals surface area contributed by atoms with Crippen LogP contribution in [0.4, 0.5) is 0 Å². The Morgan fingerprint density at radius 3 is 2.72 bits per heavy atom. The Hall–Kier alpha value is -1.36. The maximum Gasteiger partial charge on any atom is 0.307 e. The molecule has 1 saturated carbocycles. The molecule has 0 spiro atoms. The third-order valence-electron chi connectivity index (χ3n) is 3.15. The molecule has 1 aromatic carbocycles. The highest BCUT2D eigenvalue weighted by Crippen LogP contribution is 2.39. The second kappa shape index (κ2) is 5.10. The molecule has 1 aliphatic carbocycles. The van der Waals surface area contributed by atoms with Crippen LogP contribution in [0.25, 0.3) is 0 Å². The van der Waals surface area contributed by atoms with Crippen LogP contribution in [-0.2, 0) is 9.59 Å². The van der Waals surface area contributed by atoms with Crippen LogP contribution in [-0.4, -0.2) is 17.0 Å². The van der Waals surface area contributed by atoms with E-state index in [2.05, 4.69) is 21.2 Å². The number of aliphatic carboxylic acids is 1. The van der Waals surface area contributed by atoms with Crippen LogP contribution in [0.15, 0.2) is 28.7 Å². The molecular formula is C13H14BrNO3. The number of hydrogen-bond donors (Lipinski definition) is 2. The molecule has 5 heteroatoms. The Morgan fingerprint density at radius 2 is 2.17 bits per heavy atom. The Balaban J connectivity index is 1.94. The first-order valence-electron chi connectivity index (χ1n) is 5.77. The van der Waals surface area contributed by atoms with Gasteiger partial charge >= 0.3 is 5.97 Å². The summed E-state index contributed by atoms with van der Waals surface area (Å²) in [5.41, 5.74) is 0.991. The molecule has 1 aliphatic rings. The fourth-order valence-corrected chi connectivity index (χ4v) is 2.35. The largest absolute Gasteiger partial charge is 0.481 e. The minimum absolute atomic E-state index is 0.120. The van der Waals surface area contributed by atoms with Crippen molar-refractivity contribution in [2.45, 2.75) is 19.4 Å². The highest BCUT2D eigenvalue weighted by molar-refractivity contribution is 9.10. The smallest absolute Gasteiger partial charge is 0.307 e. The maximum atomic E-state index is 11.8. The lowest BCUT2D eigenvalue weighted by atomic mass is 10.1. The standard InChI is InChI=1S/C13H14BrNO3/c1-7(8-3-2-4-9(14)5-8)15-12(16)10-6-11(10)13(17)18/h2-5,7,10-11H,6H2,1H3,(H,15,16)(H,17,18)/t7-,10-,11+/m0/s1. The van der Waals surface area contributed by atoms with E-state index in [1.807, 2.05) is 31.2 Å². The predicted octanol–water partition coefficient (Wildman–Crippen LogP) is 2.35. The quantitative estimate of drug-likeness (QED) is 0.897. The van der Waals surface area contributed by atoms with Gasteiger partial charge in [-0.05, 0) is 31.0 Å². The number of carboxylic acids is 1. The fourth-order valence-electron chi connectivity index (χ4n) is 1.94. The number of carboxylic acid groups (broad SMARTS) is 1. The minimum atomic E-state index is -0.884. The van der Waals surface area contributed by atoms with Gasteiger partial charge in [0.05, 0.1) is 17.9 Å². The number of amides is 1. The predicted molar refractivity (Wildman–Crippen MR) is 69.9 cm³/mol. The molecule has 2 N–H and O–H groups in total. The third kappa shape index (κ3) is 2.90. The molecule has 1 aromatic rings. The van der Waals surface area contributed by atoms with E-state index in [1.54, 1.807) is 0 Å². The molecule has 0 unspecified atom stereocenters. The molecule has 4 nitrogen and oxygen atoms in total. The molecule has 96 valence electrons. The first-order chi connectivity index (χ1) is 8.49. The van der Waals surface area contributed by atoms with Gasteiger partial charge in [0.15, 0.2) is 0 Å². The van der Waals surface area contributed by atoms with Crippen molar-refractivity contribution in [1.29, 1.82) is 0 Å². The maximum absolute atomic E-state index is 11.8. The number of halogens is 1. The minimum Gasteiger partial charge on any atom is -0.481 e. The van der Waals surface area contributed by atoms with Gasteiger partial charge < -0.3 is 10.4 Å². The number of benzene rings is 1. The lowest BCUT2D eigenvalue weighted by Crippen LogP contribution is -2.29. The van der Waals surface area contributed by atoms with Gasteiger partial charge in [-0.1, -0.05) is 28.1 Å². The van der Waals surface area contributed by atoms with E-state index in [0.29, 0.717) is 6.42 Å². The molecular weight excluding hydrogens is 298 g/mol. The summed E-state index contributed by atoms with van der Waals surface area (Å²) < 4.78 is 0.955. The highest BCUT2D eigenvalue weighted by atomic mass is 79.9. The SMILES string of the molecule is C[C@H](NC(=O)[C@H]1C[C@H]1C(=O)O)c1cccc(Br)c1. The molecule has 1 amide bonds. The van der Waals surface area contributed by atoms with Crippen molar-refractivity contribution in [2.75, 3.05) is 0 Å². The molecule has 0 radical (unpaired) electrons. The zero-order valence-corrected chi connectivity index (χ0v) is 11.5. The van der Waals surface area contributed by atoms with E-state index in [-0.39, 0.29) is 17.9 Å². The normalized spacial score (nSPS) is 23.2. The molecule has 0 aromatic heterocycles. The lowest BCUT2D eigenvalue weighted by Gasteiger charge is -2.14. The van der Waals surface area contributed by atoms with E-state index < -0.39 is 11.9 Å². The molecule has 3 atom stereocenters. The van der Waals surface area contributed by atoms with Crippen LogP contribution in [0.5, 0.6) is 0 Å². The topological polar surface area (TPSA) is 66.4 Å². The van der Waals surface area contributed by atoms with Crippen LogP contribution in [0.2, 0.25) is 0 Å². The molecule has 0 saturated heterocycles. The van der Waals surface area contributed by atoms with E-state index in [4.69, 9.17) is 5.11 Å². The summed E-state index contributed by atoms with van der Waals surface area (Å²) in [6.45, 7) is 1.89. The van der Waals surface area contributed by atoms with Crippen LogP contribution in [0.1, 0.15) is 24.9 Å². The molecule has 0 aliphatic heterocycles. The zero-order valence-electron chi connectivity index (χ0n) is 9.89. The van der Waals surface area contributed by atoms with Crippen LogP contribution in [0.3, 0.4) is 0 Å². The molecule has 0 bridgehead atoms. The average molecular weight is 312 g/mol. The van der Waals surface area contributed by atoms with Crippen molar-refractivity contribution < 1.29 is 14.7 Å². The Bertz CT molecular complexity index is 489.